The number of aliphatic hydroxyl groups is 1. The molecule has 0 radical (unpaired) electrons. The summed E-state index contributed by atoms with van der Waals surface area (Å²) in [5, 5.41) is 12.3. The Morgan fingerprint density at radius 2 is 1.89 bits per heavy atom. The molecule has 2 N–H and O–H groups in total. The molecule has 1 aliphatic rings. The highest BCUT2D eigenvalue weighted by Gasteiger charge is 2.27. The second kappa shape index (κ2) is 9.90. The molecule has 5 rings (SSSR count). The molecule has 1 unspecified atom stereocenters. The van der Waals surface area contributed by atoms with Crippen LogP contribution in [0.15, 0.2) is 63.9 Å². The maximum absolute atomic E-state index is 11.3. The zero-order chi connectivity index (χ0) is 26.2. The molecule has 192 valence electrons. The van der Waals surface area contributed by atoms with Crippen molar-refractivity contribution in [3.05, 3.63) is 87.3 Å². The smallest absolute Gasteiger partial charge is 0.280 e. The first-order valence-electron chi connectivity index (χ1n) is 12.6. The average molecular weight is 501 g/mol. The largest absolute Gasteiger partial charge is 0.486 e. The lowest BCUT2D eigenvalue weighted by atomic mass is 9.95. The maximum atomic E-state index is 11.3. The first-order chi connectivity index (χ1) is 17.7. The first-order valence-corrected chi connectivity index (χ1v) is 12.6. The van der Waals surface area contributed by atoms with Gasteiger partial charge in [-0.3, -0.25) is 4.79 Å². The minimum Gasteiger partial charge on any atom is -0.486 e. The lowest BCUT2D eigenvalue weighted by Crippen LogP contribution is -2.22. The number of ether oxygens (including phenoxy) is 2. The molecule has 7 nitrogen and oxygen atoms in total. The van der Waals surface area contributed by atoms with Crippen LogP contribution in [0.2, 0.25) is 0 Å². The molecule has 4 aromatic rings. The average Bonchev–Trinajstić information content (AvgIpc) is 3.47. The molecule has 37 heavy (non-hydrogen) atoms. The van der Waals surface area contributed by atoms with Crippen LogP contribution in [0.25, 0.3) is 22.5 Å². The number of hydrogen-bond donors (Lipinski definition) is 2. The predicted octanol–water partition coefficient (Wildman–Crippen LogP) is 5.92. The van der Waals surface area contributed by atoms with E-state index >= 15 is 0 Å². The summed E-state index contributed by atoms with van der Waals surface area (Å²) >= 11 is 0. The van der Waals surface area contributed by atoms with Crippen LogP contribution in [-0.4, -0.2) is 27.5 Å². The van der Waals surface area contributed by atoms with Crippen molar-refractivity contribution in [1.82, 2.24) is 10.1 Å². The minimum absolute atomic E-state index is 0.0372. The van der Waals surface area contributed by atoms with E-state index in [-0.39, 0.29) is 11.7 Å². The van der Waals surface area contributed by atoms with E-state index in [4.69, 9.17) is 19.0 Å². The third-order valence-corrected chi connectivity index (χ3v) is 6.76. The van der Waals surface area contributed by atoms with Crippen molar-refractivity contribution in [2.24, 2.45) is 0 Å². The van der Waals surface area contributed by atoms with E-state index in [1.807, 2.05) is 38.1 Å². The summed E-state index contributed by atoms with van der Waals surface area (Å²) in [6, 6.07) is 17.5. The van der Waals surface area contributed by atoms with Gasteiger partial charge in [-0.2, -0.15) is 5.16 Å². The Labute approximate surface area is 216 Å². The molecule has 1 aliphatic carbocycles. The number of aryl methyl sites for hydroxylation is 2. The molecule has 0 aliphatic heterocycles. The van der Waals surface area contributed by atoms with Gasteiger partial charge < -0.3 is 19.1 Å². The highest BCUT2D eigenvalue weighted by atomic mass is 16.5. The quantitative estimate of drug-likeness (QED) is 0.312. The fourth-order valence-corrected chi connectivity index (χ4v) is 4.78. The zero-order valence-corrected chi connectivity index (χ0v) is 21.6. The second-order valence-electron chi connectivity index (χ2n) is 10.3. The van der Waals surface area contributed by atoms with Crippen LogP contribution in [0.4, 0.5) is 0 Å². The number of benzene rings is 2. The summed E-state index contributed by atoms with van der Waals surface area (Å²) in [6.07, 6.45) is 2.31. The lowest BCUT2D eigenvalue weighted by Gasteiger charge is -2.19. The highest BCUT2D eigenvalue weighted by molar-refractivity contribution is 5.73. The molecule has 0 bridgehead atoms. The highest BCUT2D eigenvalue weighted by Crippen LogP contribution is 2.41. The fraction of sp³-hybridized carbons (Fsp3) is 0.333. The molecular formula is C30H32N2O5. The summed E-state index contributed by atoms with van der Waals surface area (Å²) in [4.78, 5) is 16.1. The van der Waals surface area contributed by atoms with Crippen molar-refractivity contribution >= 4 is 0 Å². The maximum Gasteiger partial charge on any atom is 0.280 e. The van der Waals surface area contributed by atoms with Gasteiger partial charge in [-0.1, -0.05) is 18.2 Å². The molecule has 2 aromatic carbocycles. The Morgan fingerprint density at radius 1 is 1.11 bits per heavy atom. The van der Waals surface area contributed by atoms with Gasteiger partial charge >= 0.3 is 0 Å². The van der Waals surface area contributed by atoms with Crippen molar-refractivity contribution in [3.63, 3.8) is 0 Å². The summed E-state index contributed by atoms with van der Waals surface area (Å²) in [6.45, 7) is 7.98. The Kier molecular flexibility index (Phi) is 6.65. The van der Waals surface area contributed by atoms with Crippen molar-refractivity contribution in [1.29, 1.82) is 0 Å². The van der Waals surface area contributed by atoms with E-state index in [0.717, 1.165) is 41.0 Å². The Hall–Kier alpha value is -3.84. The van der Waals surface area contributed by atoms with E-state index in [0.29, 0.717) is 24.7 Å². The number of pyridine rings is 1. The number of rotatable bonds is 8. The third-order valence-electron chi connectivity index (χ3n) is 6.76. The number of hydrogen-bond acceptors (Lipinski definition) is 6. The molecule has 7 heteroatoms. The van der Waals surface area contributed by atoms with Crippen molar-refractivity contribution in [3.8, 4) is 34.1 Å². The molecule has 0 spiro atoms. The van der Waals surface area contributed by atoms with Crippen LogP contribution in [0.3, 0.4) is 0 Å². The van der Waals surface area contributed by atoms with Crippen LogP contribution in [-0.2, 0) is 6.42 Å². The summed E-state index contributed by atoms with van der Waals surface area (Å²) < 4.78 is 17.4. The van der Waals surface area contributed by atoms with Gasteiger partial charge in [-0.05, 0) is 87.6 Å². The van der Waals surface area contributed by atoms with Gasteiger partial charge in [0, 0.05) is 28.8 Å². The van der Waals surface area contributed by atoms with Gasteiger partial charge in [0.05, 0.1) is 18.3 Å². The zero-order valence-electron chi connectivity index (χ0n) is 21.6. The van der Waals surface area contributed by atoms with E-state index in [2.05, 4.69) is 29.4 Å². The topological polar surface area (TPSA) is 97.6 Å². The van der Waals surface area contributed by atoms with Crippen LogP contribution in [0, 0.1) is 13.8 Å². The van der Waals surface area contributed by atoms with Gasteiger partial charge in [0.2, 0.25) is 5.88 Å². The molecular weight excluding hydrogens is 468 g/mol. The summed E-state index contributed by atoms with van der Waals surface area (Å²) in [7, 11) is 0. The van der Waals surface area contributed by atoms with Crippen LogP contribution < -0.4 is 15.0 Å². The number of nitrogens with one attached hydrogen (secondary N) is 1. The fourth-order valence-electron chi connectivity index (χ4n) is 4.78. The predicted molar refractivity (Wildman–Crippen MR) is 142 cm³/mol. The molecule has 1 atom stereocenters. The minimum atomic E-state index is -0.770. The molecule has 0 saturated heterocycles. The van der Waals surface area contributed by atoms with E-state index in [1.165, 1.54) is 22.8 Å². The van der Waals surface area contributed by atoms with E-state index in [1.54, 1.807) is 13.8 Å². The van der Waals surface area contributed by atoms with Gasteiger partial charge in [-0.15, -0.1) is 0 Å². The lowest BCUT2D eigenvalue weighted by molar-refractivity contribution is 0.0545. The van der Waals surface area contributed by atoms with Gasteiger partial charge in [0.1, 0.15) is 11.9 Å². The molecule has 0 amide bonds. The number of aromatic amines is 1. The number of nitrogens with zero attached hydrogens (tertiary/aromatic N) is 1. The third kappa shape index (κ3) is 5.47. The normalized spacial score (nSPS) is 15.0. The van der Waals surface area contributed by atoms with Gasteiger partial charge in [0.15, 0.2) is 5.76 Å². The van der Waals surface area contributed by atoms with Crippen molar-refractivity contribution in [2.75, 3.05) is 6.61 Å². The number of H-pyrrole nitrogens is 1. The molecule has 2 heterocycles. The number of aromatic nitrogens is 2. The summed E-state index contributed by atoms with van der Waals surface area (Å²) in [5.74, 6) is 1.88. The Bertz CT molecular complexity index is 1460. The Balaban J connectivity index is 1.35. The van der Waals surface area contributed by atoms with Crippen molar-refractivity contribution in [2.45, 2.75) is 58.7 Å². The molecule has 0 fully saturated rings. The van der Waals surface area contributed by atoms with E-state index < -0.39 is 5.60 Å². The summed E-state index contributed by atoms with van der Waals surface area (Å²) in [5.41, 5.74) is 6.42. The molecule has 0 saturated carbocycles. The Morgan fingerprint density at radius 3 is 2.59 bits per heavy atom. The molecule has 2 aromatic heterocycles. The van der Waals surface area contributed by atoms with Crippen LogP contribution in [0.1, 0.15) is 55.2 Å². The second-order valence-corrected chi connectivity index (χ2v) is 10.3. The van der Waals surface area contributed by atoms with Gasteiger partial charge in [-0.25, -0.2) is 4.98 Å². The standard InChI is InChI=1S/C30H32N2O5/c1-18-16-25(19(2)31-29(18)35-15-14-30(3,4)34)22-6-5-7-24-23(22)12-13-26(24)36-21-10-8-20(9-11-21)27-17-28(33)32-37-27/h5-11,16-17,26,34H,12-15H2,1-4H3,(H,32,33). The SMILES string of the molecule is Cc1cc(-c2cccc3c2CCC3Oc2ccc(-c3cc(=O)[nH]o3)cc2)c(C)nc1OCCC(C)(C)O. The first kappa shape index (κ1) is 24.8. The monoisotopic (exact) mass is 500 g/mol. The number of fused-ring (bicyclic) bond motifs is 1. The van der Waals surface area contributed by atoms with E-state index in [9.17, 15) is 9.90 Å². The van der Waals surface area contributed by atoms with Crippen molar-refractivity contribution < 1.29 is 19.1 Å². The van der Waals surface area contributed by atoms with Crippen LogP contribution >= 0.6 is 0 Å². The van der Waals surface area contributed by atoms with Gasteiger partial charge in [0.25, 0.3) is 5.56 Å². The van der Waals surface area contributed by atoms with Crippen LogP contribution in [0.5, 0.6) is 11.6 Å².